The van der Waals surface area contributed by atoms with Crippen LogP contribution in [-0.2, 0) is 13.1 Å². The summed E-state index contributed by atoms with van der Waals surface area (Å²) in [7, 11) is 3.13. The average molecular weight is 389 g/mol. The molecule has 0 saturated carbocycles. The van der Waals surface area contributed by atoms with E-state index in [1.54, 1.807) is 38.4 Å². The lowest BCUT2D eigenvalue weighted by Gasteiger charge is -2.28. The first kappa shape index (κ1) is 21.0. The van der Waals surface area contributed by atoms with Crippen molar-refractivity contribution in [1.82, 2.24) is 9.80 Å². The fraction of sp³-hybridized carbons (Fsp3) is 0.300. The maximum atomic E-state index is 14.1. The molecule has 0 fully saturated rings. The normalized spacial score (nSPS) is 12.3. The zero-order valence-corrected chi connectivity index (χ0v) is 16.4. The van der Waals surface area contributed by atoms with E-state index < -0.39 is 18.0 Å². The fourth-order valence-corrected chi connectivity index (χ4v) is 2.49. The molecule has 0 radical (unpaired) electrons. The topological polar surface area (TPSA) is 85.1 Å². The fourth-order valence-electron chi connectivity index (χ4n) is 2.49. The van der Waals surface area contributed by atoms with Crippen molar-refractivity contribution >= 4 is 17.9 Å². The van der Waals surface area contributed by atoms with Gasteiger partial charge in [-0.1, -0.05) is 26.0 Å². The lowest BCUT2D eigenvalue weighted by atomic mass is 10.1. The molecule has 28 heavy (non-hydrogen) atoms. The summed E-state index contributed by atoms with van der Waals surface area (Å²) in [6.45, 7) is 4.27. The molecule has 1 aliphatic heterocycles. The van der Waals surface area contributed by atoms with Crippen LogP contribution in [0.1, 0.15) is 25.0 Å². The molecule has 0 spiro atoms. The van der Waals surface area contributed by atoms with Crippen LogP contribution in [0.25, 0.3) is 0 Å². The monoisotopic (exact) mass is 389 g/mol. The first-order chi connectivity index (χ1) is 13.3. The largest absolute Gasteiger partial charge is 0.415 e. The van der Waals surface area contributed by atoms with E-state index in [0.29, 0.717) is 11.3 Å². The van der Waals surface area contributed by atoms with E-state index in [0.717, 1.165) is 5.56 Å². The number of anilines is 1. The number of nitrogens with two attached hydrogens (primary N) is 1. The van der Waals surface area contributed by atoms with E-state index in [2.05, 4.69) is 0 Å². The molecule has 0 aliphatic carbocycles. The van der Waals surface area contributed by atoms with Crippen molar-refractivity contribution in [3.8, 4) is 11.5 Å². The molecule has 0 aromatic heterocycles. The van der Waals surface area contributed by atoms with Crippen LogP contribution in [0.4, 0.5) is 19.7 Å². The summed E-state index contributed by atoms with van der Waals surface area (Å²) >= 11 is 0. The highest BCUT2D eigenvalue weighted by molar-refractivity contribution is 5.74. The highest BCUT2D eigenvalue weighted by Gasteiger charge is 2.26. The van der Waals surface area contributed by atoms with Gasteiger partial charge < -0.3 is 20.1 Å². The third kappa shape index (κ3) is 4.70. The second kappa shape index (κ2) is 9.07. The van der Waals surface area contributed by atoms with Gasteiger partial charge in [0.25, 0.3) is 0 Å². The Morgan fingerprint density at radius 1 is 1.29 bits per heavy atom. The number of nitrogen functional groups attached to an aromatic ring is 1. The molecular weight excluding hydrogens is 365 g/mol. The number of hydrogen-bond donors (Lipinski definition) is 1. The summed E-state index contributed by atoms with van der Waals surface area (Å²) in [4.78, 5) is 26.5. The number of rotatable bonds is 3. The third-order valence-electron chi connectivity index (χ3n) is 3.90. The molecule has 1 aliphatic rings. The van der Waals surface area contributed by atoms with Crippen LogP contribution in [0.15, 0.2) is 36.4 Å². The van der Waals surface area contributed by atoms with E-state index in [9.17, 15) is 14.0 Å². The number of carbonyl (C=O) groups excluding carboxylic acids is 2. The van der Waals surface area contributed by atoms with Crippen molar-refractivity contribution in [1.29, 1.82) is 0 Å². The van der Waals surface area contributed by atoms with E-state index in [1.807, 2.05) is 13.8 Å². The standard InChI is InChI=1S/C18H18FN3O4.C2H6/c1-21(2)17(23)25-13-7-6-11-9-22(18(24)26-15(11)8-13)10-12-4-3-5-14(20)16(12)19;1-2/h3-8H,9-10,20H2,1-2H3;1-2H3. The number of ether oxygens (including phenoxy) is 2. The first-order valence-electron chi connectivity index (χ1n) is 8.87. The second-order valence-electron chi connectivity index (χ2n) is 6.08. The predicted molar refractivity (Wildman–Crippen MR) is 104 cm³/mol. The number of nitrogens with zero attached hydrogens (tertiary/aromatic N) is 2. The number of hydrogen-bond acceptors (Lipinski definition) is 5. The third-order valence-corrected chi connectivity index (χ3v) is 3.90. The van der Waals surface area contributed by atoms with Crippen LogP contribution in [0.5, 0.6) is 11.5 Å². The van der Waals surface area contributed by atoms with Gasteiger partial charge in [-0.3, -0.25) is 4.90 Å². The molecule has 2 aromatic rings. The number of halogens is 1. The Kier molecular flexibility index (Phi) is 6.81. The van der Waals surface area contributed by atoms with Gasteiger partial charge in [-0.2, -0.15) is 0 Å². The van der Waals surface area contributed by atoms with Gasteiger partial charge in [-0.05, 0) is 18.2 Å². The van der Waals surface area contributed by atoms with E-state index in [-0.39, 0.29) is 24.5 Å². The molecule has 2 N–H and O–H groups in total. The maximum absolute atomic E-state index is 14.1. The SMILES string of the molecule is CC.CN(C)C(=O)Oc1ccc2c(c1)OC(=O)N(Cc1cccc(N)c1F)C2. The number of amides is 2. The van der Waals surface area contributed by atoms with Gasteiger partial charge in [0.15, 0.2) is 5.82 Å². The molecule has 0 unspecified atom stereocenters. The van der Waals surface area contributed by atoms with Crippen molar-refractivity contribution in [2.75, 3.05) is 19.8 Å². The first-order valence-corrected chi connectivity index (χ1v) is 8.87. The van der Waals surface area contributed by atoms with Gasteiger partial charge in [0.05, 0.1) is 18.8 Å². The Morgan fingerprint density at radius 3 is 2.68 bits per heavy atom. The number of benzene rings is 2. The van der Waals surface area contributed by atoms with E-state index >= 15 is 0 Å². The summed E-state index contributed by atoms with van der Waals surface area (Å²) < 4.78 is 24.5. The van der Waals surface area contributed by atoms with Gasteiger partial charge in [-0.15, -0.1) is 0 Å². The molecule has 3 rings (SSSR count). The molecule has 7 nitrogen and oxygen atoms in total. The van der Waals surface area contributed by atoms with Crippen LogP contribution >= 0.6 is 0 Å². The second-order valence-corrected chi connectivity index (χ2v) is 6.08. The van der Waals surface area contributed by atoms with Gasteiger partial charge in [0.1, 0.15) is 11.5 Å². The molecule has 1 heterocycles. The average Bonchev–Trinajstić information content (AvgIpc) is 2.67. The summed E-state index contributed by atoms with van der Waals surface area (Å²) in [6.07, 6.45) is -1.15. The molecule has 8 heteroatoms. The highest BCUT2D eigenvalue weighted by atomic mass is 19.1. The molecule has 2 amide bonds. The minimum absolute atomic E-state index is 0.0284. The number of fused-ring (bicyclic) bond motifs is 1. The zero-order valence-electron chi connectivity index (χ0n) is 16.4. The summed E-state index contributed by atoms with van der Waals surface area (Å²) in [5, 5.41) is 0. The Bertz CT molecular complexity index is 871. The van der Waals surface area contributed by atoms with Crippen molar-refractivity contribution in [3.05, 3.63) is 53.3 Å². The van der Waals surface area contributed by atoms with Crippen LogP contribution in [0, 0.1) is 5.82 Å². The molecule has 150 valence electrons. The summed E-state index contributed by atoms with van der Waals surface area (Å²) in [6, 6.07) is 9.44. The number of carbonyl (C=O) groups is 2. The van der Waals surface area contributed by atoms with Gasteiger partial charge in [0.2, 0.25) is 0 Å². The summed E-state index contributed by atoms with van der Waals surface area (Å²) in [5.41, 5.74) is 6.62. The smallest absolute Gasteiger partial charge is 0.410 e. The van der Waals surface area contributed by atoms with E-state index in [1.165, 1.54) is 21.9 Å². The molecule has 0 atom stereocenters. The Labute approximate surface area is 163 Å². The Balaban J connectivity index is 0.00000136. The van der Waals surface area contributed by atoms with E-state index in [4.69, 9.17) is 15.2 Å². The van der Waals surface area contributed by atoms with Gasteiger partial charge in [-0.25, -0.2) is 14.0 Å². The van der Waals surface area contributed by atoms with Crippen molar-refractivity contribution in [3.63, 3.8) is 0 Å². The Hall–Kier alpha value is -3.29. The molecular formula is C20H24FN3O4. The van der Waals surface area contributed by atoms with Gasteiger partial charge >= 0.3 is 12.2 Å². The van der Waals surface area contributed by atoms with Crippen LogP contribution in [-0.4, -0.2) is 36.1 Å². The highest BCUT2D eigenvalue weighted by Crippen LogP contribution is 2.31. The van der Waals surface area contributed by atoms with Crippen LogP contribution in [0.2, 0.25) is 0 Å². The lowest BCUT2D eigenvalue weighted by Crippen LogP contribution is -2.36. The van der Waals surface area contributed by atoms with Crippen molar-refractivity contribution in [2.45, 2.75) is 26.9 Å². The Morgan fingerprint density at radius 2 is 2.00 bits per heavy atom. The minimum atomic E-state index is -0.615. The lowest BCUT2D eigenvalue weighted by molar-refractivity contribution is 0.134. The maximum Gasteiger partial charge on any atom is 0.415 e. The molecule has 0 saturated heterocycles. The zero-order chi connectivity index (χ0) is 20.8. The van der Waals surface area contributed by atoms with Crippen LogP contribution < -0.4 is 15.2 Å². The molecule has 0 bridgehead atoms. The molecule has 2 aromatic carbocycles. The van der Waals surface area contributed by atoms with Crippen LogP contribution in [0.3, 0.4) is 0 Å². The van der Waals surface area contributed by atoms with Crippen molar-refractivity contribution in [2.24, 2.45) is 0 Å². The predicted octanol–water partition coefficient (Wildman–Crippen LogP) is 4.01. The summed E-state index contributed by atoms with van der Waals surface area (Å²) in [5.74, 6) is 0.0333. The van der Waals surface area contributed by atoms with Crippen molar-refractivity contribution < 1.29 is 23.5 Å². The quantitative estimate of drug-likeness (QED) is 0.802. The minimum Gasteiger partial charge on any atom is -0.410 e. The van der Waals surface area contributed by atoms with Gasteiger partial charge in [0, 0.05) is 31.3 Å².